The molecule has 1 saturated heterocycles. The highest BCUT2D eigenvalue weighted by molar-refractivity contribution is 6.33. The van der Waals surface area contributed by atoms with Crippen LogP contribution in [0.5, 0.6) is 0 Å². The quantitative estimate of drug-likeness (QED) is 0.924. The Labute approximate surface area is 132 Å². The molecule has 1 heterocycles. The summed E-state index contributed by atoms with van der Waals surface area (Å²) in [4.78, 5) is 25.1. The molecule has 2 unspecified atom stereocenters. The molecule has 7 heteroatoms. The maximum Gasteiger partial charge on any atom is 0.335 e. The third-order valence-electron chi connectivity index (χ3n) is 3.34. The van der Waals surface area contributed by atoms with Gasteiger partial charge in [-0.1, -0.05) is 23.2 Å². The molecule has 1 amide bonds. The molecule has 5 nitrogen and oxygen atoms in total. The number of hydrogen-bond acceptors (Lipinski definition) is 3. The molecule has 21 heavy (non-hydrogen) atoms. The Morgan fingerprint density at radius 3 is 2.67 bits per heavy atom. The summed E-state index contributed by atoms with van der Waals surface area (Å²) in [7, 11) is 0. The summed E-state index contributed by atoms with van der Waals surface area (Å²) in [6.45, 7) is 3.37. The molecule has 1 fully saturated rings. The smallest absolute Gasteiger partial charge is 0.335 e. The van der Waals surface area contributed by atoms with Gasteiger partial charge in [0.2, 0.25) is 5.91 Å². The highest BCUT2D eigenvalue weighted by Gasteiger charge is 2.43. The summed E-state index contributed by atoms with van der Waals surface area (Å²) < 4.78 is 5.20. The van der Waals surface area contributed by atoms with Gasteiger partial charge in [0.25, 0.3) is 0 Å². The van der Waals surface area contributed by atoms with Crippen molar-refractivity contribution in [2.75, 3.05) is 6.61 Å². The van der Waals surface area contributed by atoms with Crippen LogP contribution in [0.15, 0.2) is 18.2 Å². The van der Waals surface area contributed by atoms with Crippen molar-refractivity contribution >= 4 is 35.1 Å². The number of rotatable bonds is 3. The summed E-state index contributed by atoms with van der Waals surface area (Å²) >= 11 is 12.1. The summed E-state index contributed by atoms with van der Waals surface area (Å²) in [5.41, 5.74) is 0.471. The van der Waals surface area contributed by atoms with Crippen LogP contribution in [0.1, 0.15) is 25.5 Å². The van der Waals surface area contributed by atoms with E-state index < -0.39 is 18.1 Å². The third-order valence-corrected chi connectivity index (χ3v) is 3.92. The van der Waals surface area contributed by atoms with Crippen LogP contribution in [0.4, 0.5) is 0 Å². The first kappa shape index (κ1) is 16.1. The predicted octanol–water partition coefficient (Wildman–Crippen LogP) is 2.75. The average Bonchev–Trinajstić information content (AvgIpc) is 2.40. The number of carboxylic acids is 1. The number of aliphatic carboxylic acids is 1. The van der Waals surface area contributed by atoms with E-state index in [-0.39, 0.29) is 18.6 Å². The van der Waals surface area contributed by atoms with E-state index in [1.807, 2.05) is 13.8 Å². The number of hydrogen-bond donors (Lipinski definition) is 1. The van der Waals surface area contributed by atoms with Crippen LogP contribution in [0.25, 0.3) is 0 Å². The van der Waals surface area contributed by atoms with E-state index in [1.165, 1.54) is 4.90 Å². The van der Waals surface area contributed by atoms with Crippen LogP contribution in [0, 0.1) is 0 Å². The van der Waals surface area contributed by atoms with Crippen molar-refractivity contribution in [1.29, 1.82) is 0 Å². The van der Waals surface area contributed by atoms with Crippen LogP contribution in [-0.4, -0.2) is 40.6 Å². The molecule has 2 rings (SSSR count). The molecule has 0 spiro atoms. The van der Waals surface area contributed by atoms with Crippen LogP contribution in [0.2, 0.25) is 10.0 Å². The summed E-state index contributed by atoms with van der Waals surface area (Å²) in [6, 6.07) is 3.75. The first-order chi connectivity index (χ1) is 9.82. The molecular formula is C14H15Cl2NO4. The molecule has 0 aliphatic carbocycles. The lowest BCUT2D eigenvalue weighted by Crippen LogP contribution is -2.54. The molecule has 0 saturated carbocycles. The summed E-state index contributed by atoms with van der Waals surface area (Å²) in [5, 5.41) is 10.1. The van der Waals surface area contributed by atoms with E-state index in [2.05, 4.69) is 0 Å². The molecule has 1 N–H and O–H groups in total. The van der Waals surface area contributed by atoms with Crippen LogP contribution >= 0.6 is 23.2 Å². The van der Waals surface area contributed by atoms with Gasteiger partial charge in [-0.3, -0.25) is 4.79 Å². The van der Waals surface area contributed by atoms with E-state index >= 15 is 0 Å². The second-order valence-electron chi connectivity index (χ2n) is 5.08. The van der Waals surface area contributed by atoms with Crippen LogP contribution in [-0.2, 0) is 14.3 Å². The minimum absolute atomic E-state index is 0.191. The van der Waals surface area contributed by atoms with Crippen molar-refractivity contribution in [2.45, 2.75) is 32.0 Å². The Morgan fingerprint density at radius 2 is 2.10 bits per heavy atom. The molecule has 0 bridgehead atoms. The highest BCUT2D eigenvalue weighted by atomic mass is 35.5. The zero-order valence-electron chi connectivity index (χ0n) is 11.5. The molecule has 1 aromatic rings. The molecule has 1 aromatic carbocycles. The molecule has 1 aliphatic heterocycles. The lowest BCUT2D eigenvalue weighted by Gasteiger charge is -2.42. The number of carboxylic acid groups (broad SMARTS) is 1. The van der Waals surface area contributed by atoms with E-state index in [1.54, 1.807) is 18.2 Å². The number of morpholine rings is 1. The first-order valence-electron chi connectivity index (χ1n) is 6.43. The van der Waals surface area contributed by atoms with E-state index in [4.69, 9.17) is 27.9 Å². The van der Waals surface area contributed by atoms with Crippen LogP contribution in [0.3, 0.4) is 0 Å². The van der Waals surface area contributed by atoms with Crippen molar-refractivity contribution < 1.29 is 19.4 Å². The van der Waals surface area contributed by atoms with Gasteiger partial charge in [0, 0.05) is 16.1 Å². The molecular weight excluding hydrogens is 317 g/mol. The lowest BCUT2D eigenvalue weighted by molar-refractivity contribution is -0.175. The fourth-order valence-corrected chi connectivity index (χ4v) is 2.91. The second kappa shape index (κ2) is 6.22. The zero-order valence-corrected chi connectivity index (χ0v) is 13.1. The number of benzene rings is 1. The zero-order chi connectivity index (χ0) is 15.7. The number of carbonyl (C=O) groups excluding carboxylic acids is 1. The molecule has 114 valence electrons. The lowest BCUT2D eigenvalue weighted by atomic mass is 9.96. The van der Waals surface area contributed by atoms with Gasteiger partial charge < -0.3 is 14.7 Å². The maximum atomic E-state index is 12.1. The Kier molecular flexibility index (Phi) is 4.76. The topological polar surface area (TPSA) is 66.8 Å². The standard InChI is InChI=1S/C14H15Cl2NO4/c1-7(2)17-11(18)6-21-13(14(19)20)12(17)9-5-8(15)3-4-10(9)16/h3-5,7,12-13H,6H2,1-2H3,(H,19,20). The minimum Gasteiger partial charge on any atom is -0.479 e. The molecule has 1 aliphatic rings. The number of halogens is 2. The Morgan fingerprint density at radius 1 is 1.43 bits per heavy atom. The van der Waals surface area contributed by atoms with Gasteiger partial charge in [-0.05, 0) is 37.6 Å². The van der Waals surface area contributed by atoms with Gasteiger partial charge in [0.15, 0.2) is 6.10 Å². The predicted molar refractivity (Wildman–Crippen MR) is 78.6 cm³/mol. The maximum absolute atomic E-state index is 12.1. The van der Waals surface area contributed by atoms with Crippen molar-refractivity contribution in [1.82, 2.24) is 4.90 Å². The van der Waals surface area contributed by atoms with E-state index in [0.29, 0.717) is 15.6 Å². The van der Waals surface area contributed by atoms with Gasteiger partial charge in [0.05, 0.1) is 6.04 Å². The minimum atomic E-state index is -1.18. The molecule has 0 aromatic heterocycles. The fraction of sp³-hybridized carbons (Fsp3) is 0.429. The normalized spacial score (nSPS) is 22.7. The summed E-state index contributed by atoms with van der Waals surface area (Å²) in [6.07, 6.45) is -1.18. The average molecular weight is 332 g/mol. The SMILES string of the molecule is CC(C)N1C(=O)COC(C(=O)O)C1c1cc(Cl)ccc1Cl. The van der Waals surface area contributed by atoms with Gasteiger partial charge >= 0.3 is 5.97 Å². The molecule has 0 radical (unpaired) electrons. The van der Waals surface area contributed by atoms with Crippen molar-refractivity contribution in [2.24, 2.45) is 0 Å². The molecule has 2 atom stereocenters. The first-order valence-corrected chi connectivity index (χ1v) is 7.19. The third kappa shape index (κ3) is 3.15. The Bertz CT molecular complexity index is 576. The van der Waals surface area contributed by atoms with Crippen molar-refractivity contribution in [3.05, 3.63) is 33.8 Å². The Balaban J connectivity index is 2.56. The van der Waals surface area contributed by atoms with Crippen molar-refractivity contribution in [3.63, 3.8) is 0 Å². The number of nitrogens with zero attached hydrogens (tertiary/aromatic N) is 1. The Hall–Kier alpha value is -1.30. The number of ether oxygens (including phenoxy) is 1. The van der Waals surface area contributed by atoms with Gasteiger partial charge in [0.1, 0.15) is 6.61 Å². The van der Waals surface area contributed by atoms with Gasteiger partial charge in [-0.15, -0.1) is 0 Å². The second-order valence-corrected chi connectivity index (χ2v) is 5.92. The van der Waals surface area contributed by atoms with Gasteiger partial charge in [-0.2, -0.15) is 0 Å². The van der Waals surface area contributed by atoms with Crippen molar-refractivity contribution in [3.8, 4) is 0 Å². The number of carbonyl (C=O) groups is 2. The van der Waals surface area contributed by atoms with E-state index in [9.17, 15) is 14.7 Å². The largest absolute Gasteiger partial charge is 0.479 e. The summed E-state index contributed by atoms with van der Waals surface area (Å²) in [5.74, 6) is -1.42. The number of amides is 1. The van der Waals surface area contributed by atoms with Crippen LogP contribution < -0.4 is 0 Å². The van der Waals surface area contributed by atoms with E-state index in [0.717, 1.165) is 0 Å². The highest BCUT2D eigenvalue weighted by Crippen LogP contribution is 2.37. The monoisotopic (exact) mass is 331 g/mol. The van der Waals surface area contributed by atoms with Gasteiger partial charge in [-0.25, -0.2) is 4.79 Å². The fourth-order valence-electron chi connectivity index (χ4n) is 2.50.